The van der Waals surface area contributed by atoms with Gasteiger partial charge in [0.15, 0.2) is 0 Å². The molecule has 5 heteroatoms. The molecule has 0 aliphatic heterocycles. The number of fused-ring (bicyclic) bond motifs is 1. The van der Waals surface area contributed by atoms with Crippen LogP contribution < -0.4 is 0 Å². The molecule has 0 aliphatic rings. The average Bonchev–Trinajstić information content (AvgIpc) is 3.55. The first-order valence-electron chi connectivity index (χ1n) is 14.4. The van der Waals surface area contributed by atoms with Gasteiger partial charge in [-0.3, -0.25) is 0 Å². The normalized spacial score (nSPS) is 11.6. The molecule has 7 aromatic rings. The van der Waals surface area contributed by atoms with E-state index in [0.717, 1.165) is 55.8 Å². The molecule has 0 saturated heterocycles. The number of aromatic nitrogens is 4. The molecule has 43 heavy (non-hydrogen) atoms. The molecule has 5 nitrogen and oxygen atoms in total. The summed E-state index contributed by atoms with van der Waals surface area (Å²) in [7, 11) is 0. The fourth-order valence-electron chi connectivity index (χ4n) is 5.19. The van der Waals surface area contributed by atoms with Crippen molar-refractivity contribution in [2.45, 2.75) is 26.2 Å². The summed E-state index contributed by atoms with van der Waals surface area (Å²) in [6.45, 7) is 6.60. The van der Waals surface area contributed by atoms with Crippen LogP contribution in [0.25, 0.3) is 67.6 Å². The standard InChI is InChI=1S/C38H30N4O/c1-38(2,3)31-23-21-30(22-24-31)37-42-41-36(43-37)29-19-15-26(16-20-29)25-13-17-28(18-14-25)35-34(27-9-5-4-6-10-27)39-32-11-7-8-12-33(32)40-35/h4-24H,1-3H3. The molecule has 0 N–H and O–H groups in total. The Morgan fingerprint density at radius 3 is 1.30 bits per heavy atom. The highest BCUT2D eigenvalue weighted by molar-refractivity contribution is 5.86. The molecule has 2 heterocycles. The van der Waals surface area contributed by atoms with Crippen LogP contribution in [0.1, 0.15) is 26.3 Å². The van der Waals surface area contributed by atoms with Crippen molar-refractivity contribution in [3.8, 4) is 56.6 Å². The van der Waals surface area contributed by atoms with Crippen molar-refractivity contribution in [1.29, 1.82) is 0 Å². The van der Waals surface area contributed by atoms with Gasteiger partial charge in [0.25, 0.3) is 0 Å². The Kier molecular flexibility index (Phi) is 6.63. The topological polar surface area (TPSA) is 64.7 Å². The van der Waals surface area contributed by atoms with Gasteiger partial charge in [0, 0.05) is 22.3 Å². The maximum atomic E-state index is 6.03. The van der Waals surface area contributed by atoms with Gasteiger partial charge in [-0.15, -0.1) is 10.2 Å². The van der Waals surface area contributed by atoms with E-state index in [1.165, 1.54) is 5.56 Å². The summed E-state index contributed by atoms with van der Waals surface area (Å²) < 4.78 is 6.03. The lowest BCUT2D eigenvalue weighted by Gasteiger charge is -2.18. The Labute approximate surface area is 250 Å². The number of benzene rings is 5. The summed E-state index contributed by atoms with van der Waals surface area (Å²) in [6, 6.07) is 43.2. The van der Waals surface area contributed by atoms with E-state index < -0.39 is 0 Å². The third-order valence-electron chi connectivity index (χ3n) is 7.66. The summed E-state index contributed by atoms with van der Waals surface area (Å²) in [6.07, 6.45) is 0. The molecule has 208 valence electrons. The van der Waals surface area contributed by atoms with Crippen molar-refractivity contribution >= 4 is 11.0 Å². The van der Waals surface area contributed by atoms with E-state index in [1.807, 2.05) is 66.7 Å². The molecule has 0 unspecified atom stereocenters. The van der Waals surface area contributed by atoms with Crippen LogP contribution in [0.4, 0.5) is 0 Å². The molecule has 2 aromatic heterocycles. The summed E-state index contributed by atoms with van der Waals surface area (Å²) in [5, 5.41) is 8.60. The Hall–Kier alpha value is -5.42. The Balaban J connectivity index is 1.14. The second kappa shape index (κ2) is 10.8. The summed E-state index contributed by atoms with van der Waals surface area (Å²) in [5.41, 5.74) is 10.9. The Morgan fingerprint density at radius 1 is 0.419 bits per heavy atom. The van der Waals surface area contributed by atoms with E-state index >= 15 is 0 Å². The summed E-state index contributed by atoms with van der Waals surface area (Å²) >= 11 is 0. The zero-order valence-corrected chi connectivity index (χ0v) is 24.3. The minimum absolute atomic E-state index is 0.0935. The molecule has 0 fully saturated rings. The van der Waals surface area contributed by atoms with Gasteiger partial charge >= 0.3 is 0 Å². The van der Waals surface area contributed by atoms with Crippen LogP contribution in [0.2, 0.25) is 0 Å². The van der Waals surface area contributed by atoms with Crippen molar-refractivity contribution in [2.75, 3.05) is 0 Å². The van der Waals surface area contributed by atoms with Crippen LogP contribution in [0.15, 0.2) is 132 Å². The van der Waals surface area contributed by atoms with Crippen LogP contribution in [-0.2, 0) is 5.41 Å². The average molecular weight is 559 g/mol. The quantitative estimate of drug-likeness (QED) is 0.210. The molecule has 0 atom stereocenters. The third kappa shape index (κ3) is 5.33. The van der Waals surface area contributed by atoms with Crippen molar-refractivity contribution in [2.24, 2.45) is 0 Å². The monoisotopic (exact) mass is 558 g/mol. The fraction of sp³-hybridized carbons (Fsp3) is 0.105. The third-order valence-corrected chi connectivity index (χ3v) is 7.66. The van der Waals surface area contributed by atoms with Crippen LogP contribution in [-0.4, -0.2) is 20.2 Å². The maximum Gasteiger partial charge on any atom is 0.248 e. The van der Waals surface area contributed by atoms with E-state index in [-0.39, 0.29) is 5.41 Å². The largest absolute Gasteiger partial charge is 0.416 e. The van der Waals surface area contributed by atoms with Gasteiger partial charge < -0.3 is 4.42 Å². The van der Waals surface area contributed by atoms with Crippen LogP contribution in [0.3, 0.4) is 0 Å². The molecule has 0 radical (unpaired) electrons. The first-order valence-corrected chi connectivity index (χ1v) is 14.4. The van der Waals surface area contributed by atoms with Crippen molar-refractivity contribution < 1.29 is 4.42 Å². The van der Waals surface area contributed by atoms with Gasteiger partial charge in [-0.2, -0.15) is 0 Å². The summed E-state index contributed by atoms with van der Waals surface area (Å²) in [5.74, 6) is 1.02. The zero-order chi connectivity index (χ0) is 29.4. The smallest absolute Gasteiger partial charge is 0.248 e. The van der Waals surface area contributed by atoms with E-state index in [4.69, 9.17) is 14.4 Å². The predicted molar refractivity (Wildman–Crippen MR) is 173 cm³/mol. The SMILES string of the molecule is CC(C)(C)c1ccc(-c2nnc(-c3ccc(-c4ccc(-c5nc6ccccc6nc5-c5ccccc5)cc4)cc3)o2)cc1. The van der Waals surface area contributed by atoms with Crippen LogP contribution in [0, 0.1) is 0 Å². The van der Waals surface area contributed by atoms with E-state index in [2.05, 4.69) is 91.6 Å². The van der Waals surface area contributed by atoms with E-state index in [0.29, 0.717) is 11.8 Å². The molecule has 7 rings (SSSR count). The number of rotatable bonds is 5. The van der Waals surface area contributed by atoms with Crippen LogP contribution >= 0.6 is 0 Å². The number of nitrogens with zero attached hydrogens (tertiary/aromatic N) is 4. The molecule has 5 aromatic carbocycles. The van der Waals surface area contributed by atoms with Crippen molar-refractivity contribution in [3.05, 3.63) is 133 Å². The van der Waals surface area contributed by atoms with E-state index in [1.54, 1.807) is 0 Å². The minimum atomic E-state index is 0.0935. The van der Waals surface area contributed by atoms with Crippen LogP contribution in [0.5, 0.6) is 0 Å². The molecular formula is C38H30N4O. The lowest BCUT2D eigenvalue weighted by Crippen LogP contribution is -2.10. The molecule has 0 aliphatic carbocycles. The minimum Gasteiger partial charge on any atom is -0.416 e. The second-order valence-corrected chi connectivity index (χ2v) is 11.7. The van der Waals surface area contributed by atoms with E-state index in [9.17, 15) is 0 Å². The lowest BCUT2D eigenvalue weighted by atomic mass is 9.87. The summed E-state index contributed by atoms with van der Waals surface area (Å²) in [4.78, 5) is 10.0. The molecular weight excluding hydrogens is 528 g/mol. The number of para-hydroxylation sites is 2. The fourth-order valence-corrected chi connectivity index (χ4v) is 5.19. The Morgan fingerprint density at radius 2 is 0.814 bits per heavy atom. The maximum absolute atomic E-state index is 6.03. The first kappa shape index (κ1) is 26.5. The van der Waals surface area contributed by atoms with Gasteiger partial charge in [-0.05, 0) is 58.5 Å². The highest BCUT2D eigenvalue weighted by Crippen LogP contribution is 2.33. The lowest BCUT2D eigenvalue weighted by molar-refractivity contribution is 0.582. The first-order chi connectivity index (χ1) is 20.9. The van der Waals surface area contributed by atoms with Crippen molar-refractivity contribution in [3.63, 3.8) is 0 Å². The predicted octanol–water partition coefficient (Wildman–Crippen LogP) is 9.65. The molecule has 0 amide bonds. The number of hydrogen-bond acceptors (Lipinski definition) is 5. The number of hydrogen-bond donors (Lipinski definition) is 0. The van der Waals surface area contributed by atoms with Gasteiger partial charge in [-0.25, -0.2) is 9.97 Å². The molecule has 0 spiro atoms. The second-order valence-electron chi connectivity index (χ2n) is 11.7. The van der Waals surface area contributed by atoms with Gasteiger partial charge in [0.05, 0.1) is 22.4 Å². The highest BCUT2D eigenvalue weighted by Gasteiger charge is 2.16. The zero-order valence-electron chi connectivity index (χ0n) is 24.3. The van der Waals surface area contributed by atoms with Gasteiger partial charge in [-0.1, -0.05) is 112 Å². The Bertz CT molecular complexity index is 2020. The van der Waals surface area contributed by atoms with Gasteiger partial charge in [0.1, 0.15) is 0 Å². The molecule has 0 bridgehead atoms. The highest BCUT2D eigenvalue weighted by atomic mass is 16.4. The molecule has 0 saturated carbocycles. The van der Waals surface area contributed by atoms with Crippen molar-refractivity contribution in [1.82, 2.24) is 20.2 Å². The van der Waals surface area contributed by atoms with Gasteiger partial charge in [0.2, 0.25) is 11.8 Å².